The van der Waals surface area contributed by atoms with Crippen LogP contribution in [0.4, 0.5) is 0 Å². The summed E-state index contributed by atoms with van der Waals surface area (Å²) in [4.78, 5) is 0. The molecule has 1 unspecified atom stereocenters. The van der Waals surface area contributed by atoms with Crippen LogP contribution >= 0.6 is 15.9 Å². The summed E-state index contributed by atoms with van der Waals surface area (Å²) in [7, 11) is 2.05. The molecule has 1 aliphatic carbocycles. The lowest BCUT2D eigenvalue weighted by Crippen LogP contribution is -2.41. The molecule has 1 N–H and O–H groups in total. The molecule has 15 heavy (non-hydrogen) atoms. The molecule has 1 atom stereocenters. The quantitative estimate of drug-likeness (QED) is 0.866. The van der Waals surface area contributed by atoms with Gasteiger partial charge < -0.3 is 5.32 Å². The summed E-state index contributed by atoms with van der Waals surface area (Å²) >= 11 is 3.56. The van der Waals surface area contributed by atoms with Gasteiger partial charge >= 0.3 is 0 Å². The van der Waals surface area contributed by atoms with Gasteiger partial charge in [-0.25, -0.2) is 0 Å². The Morgan fingerprint density at radius 2 is 2.13 bits per heavy atom. The highest BCUT2D eigenvalue weighted by atomic mass is 79.9. The molecule has 1 nitrogen and oxygen atoms in total. The number of nitrogens with one attached hydrogen (secondary N) is 1. The number of benzene rings is 1. The molecule has 0 aliphatic heterocycles. The Morgan fingerprint density at radius 1 is 1.40 bits per heavy atom. The Hall–Kier alpha value is -0.340. The van der Waals surface area contributed by atoms with Gasteiger partial charge in [0.25, 0.3) is 0 Å². The van der Waals surface area contributed by atoms with Crippen molar-refractivity contribution in [3.8, 4) is 0 Å². The van der Waals surface area contributed by atoms with Crippen LogP contribution in [-0.2, 0) is 6.42 Å². The average molecular weight is 268 g/mol. The molecule has 82 valence electrons. The molecule has 0 fully saturated rings. The first kappa shape index (κ1) is 11.2. The van der Waals surface area contributed by atoms with E-state index in [1.54, 1.807) is 0 Å². The molecular weight excluding hydrogens is 250 g/mol. The Morgan fingerprint density at radius 3 is 2.80 bits per heavy atom. The molecule has 1 aromatic carbocycles. The van der Waals surface area contributed by atoms with E-state index in [4.69, 9.17) is 0 Å². The number of hydrogen-bond donors (Lipinski definition) is 1. The van der Waals surface area contributed by atoms with Crippen molar-refractivity contribution in [1.82, 2.24) is 5.32 Å². The fourth-order valence-electron chi connectivity index (χ4n) is 2.50. The number of hydrogen-bond acceptors (Lipinski definition) is 1. The first-order chi connectivity index (χ1) is 7.04. The van der Waals surface area contributed by atoms with E-state index in [1.807, 2.05) is 0 Å². The largest absolute Gasteiger partial charge is 0.314 e. The van der Waals surface area contributed by atoms with Crippen molar-refractivity contribution in [1.29, 1.82) is 0 Å². The van der Waals surface area contributed by atoms with Gasteiger partial charge in [0.2, 0.25) is 0 Å². The van der Waals surface area contributed by atoms with Crippen LogP contribution < -0.4 is 5.32 Å². The van der Waals surface area contributed by atoms with E-state index in [9.17, 15) is 0 Å². The summed E-state index contributed by atoms with van der Waals surface area (Å²) in [5.41, 5.74) is 3.22. The van der Waals surface area contributed by atoms with Gasteiger partial charge in [0.1, 0.15) is 0 Å². The zero-order valence-corrected chi connectivity index (χ0v) is 11.2. The van der Waals surface area contributed by atoms with Crippen LogP contribution in [0.3, 0.4) is 0 Å². The maximum atomic E-state index is 3.56. The van der Waals surface area contributed by atoms with Gasteiger partial charge in [0.15, 0.2) is 0 Å². The predicted molar refractivity (Wildman–Crippen MR) is 68.3 cm³/mol. The molecule has 0 amide bonds. The van der Waals surface area contributed by atoms with Crippen molar-refractivity contribution < 1.29 is 0 Å². The molecule has 0 bridgehead atoms. The summed E-state index contributed by atoms with van der Waals surface area (Å²) in [5.74, 6) is 0.634. The summed E-state index contributed by atoms with van der Waals surface area (Å²) < 4.78 is 1.19. The summed E-state index contributed by atoms with van der Waals surface area (Å²) in [6.07, 6.45) is 2.48. The van der Waals surface area contributed by atoms with Crippen LogP contribution in [0.2, 0.25) is 0 Å². The van der Waals surface area contributed by atoms with E-state index in [2.05, 4.69) is 60.3 Å². The first-order valence-corrected chi connectivity index (χ1v) is 6.31. The molecular formula is C13H18BrN. The molecule has 0 saturated heterocycles. The maximum absolute atomic E-state index is 3.56. The number of rotatable bonds is 2. The van der Waals surface area contributed by atoms with Gasteiger partial charge in [-0.15, -0.1) is 0 Å². The first-order valence-electron chi connectivity index (χ1n) is 5.52. The molecule has 0 aromatic heterocycles. The van der Waals surface area contributed by atoms with Crippen molar-refractivity contribution in [3.05, 3.63) is 33.8 Å². The minimum atomic E-state index is 0.187. The monoisotopic (exact) mass is 267 g/mol. The SMILES string of the molecule is CNC(C)(C)C1CCc2ccc(Br)cc21. The normalized spacial score (nSPS) is 20.4. The highest BCUT2D eigenvalue weighted by Gasteiger charge is 2.34. The Labute approximate surface area is 100 Å². The molecule has 2 heteroatoms. The van der Waals surface area contributed by atoms with E-state index in [-0.39, 0.29) is 5.54 Å². The summed E-state index contributed by atoms with van der Waals surface area (Å²) in [5, 5.41) is 3.43. The third kappa shape index (κ3) is 1.98. The molecule has 0 spiro atoms. The summed E-state index contributed by atoms with van der Waals surface area (Å²) in [6, 6.07) is 6.69. The number of likely N-dealkylation sites (N-methyl/N-ethyl adjacent to an activating group) is 1. The molecule has 1 aromatic rings. The second-order valence-corrected chi connectivity index (χ2v) is 5.82. The zero-order chi connectivity index (χ0) is 11.1. The van der Waals surface area contributed by atoms with Gasteiger partial charge in [0.05, 0.1) is 0 Å². The third-order valence-corrected chi connectivity index (χ3v) is 4.19. The lowest BCUT2D eigenvalue weighted by atomic mass is 9.83. The second kappa shape index (κ2) is 3.91. The van der Waals surface area contributed by atoms with Crippen LogP contribution in [0.15, 0.2) is 22.7 Å². The fourth-order valence-corrected chi connectivity index (χ4v) is 2.88. The highest BCUT2D eigenvalue weighted by molar-refractivity contribution is 9.10. The topological polar surface area (TPSA) is 12.0 Å². The van der Waals surface area contributed by atoms with E-state index < -0.39 is 0 Å². The molecule has 1 aliphatic rings. The van der Waals surface area contributed by atoms with Gasteiger partial charge in [-0.05, 0) is 57.0 Å². The van der Waals surface area contributed by atoms with Crippen LogP contribution in [0.5, 0.6) is 0 Å². The number of aryl methyl sites for hydroxylation is 1. The highest BCUT2D eigenvalue weighted by Crippen LogP contribution is 2.41. The number of fused-ring (bicyclic) bond motifs is 1. The van der Waals surface area contributed by atoms with Crippen LogP contribution in [0.25, 0.3) is 0 Å². The van der Waals surface area contributed by atoms with Crippen LogP contribution in [0, 0.1) is 0 Å². The Bertz CT molecular complexity index is 371. The van der Waals surface area contributed by atoms with E-state index >= 15 is 0 Å². The minimum absolute atomic E-state index is 0.187. The molecule has 0 heterocycles. The van der Waals surface area contributed by atoms with E-state index in [0.717, 1.165) is 0 Å². The molecule has 0 saturated carbocycles. The minimum Gasteiger partial charge on any atom is -0.314 e. The maximum Gasteiger partial charge on any atom is 0.0190 e. The van der Waals surface area contributed by atoms with Crippen molar-refractivity contribution in [3.63, 3.8) is 0 Å². The van der Waals surface area contributed by atoms with Crippen molar-refractivity contribution in [2.75, 3.05) is 7.05 Å². The predicted octanol–water partition coefficient (Wildman–Crippen LogP) is 3.48. The standard InChI is InChI=1S/C13H18BrN/c1-13(2,15-3)12-7-5-9-4-6-10(14)8-11(9)12/h4,6,8,12,15H,5,7H2,1-3H3. The van der Waals surface area contributed by atoms with E-state index in [1.165, 1.54) is 28.4 Å². The summed E-state index contributed by atoms with van der Waals surface area (Å²) in [6.45, 7) is 4.57. The Balaban J connectivity index is 2.39. The van der Waals surface area contributed by atoms with Crippen molar-refractivity contribution in [2.24, 2.45) is 0 Å². The smallest absolute Gasteiger partial charge is 0.0190 e. The molecule has 0 radical (unpaired) electrons. The van der Waals surface area contributed by atoms with Gasteiger partial charge in [0, 0.05) is 15.9 Å². The zero-order valence-electron chi connectivity index (χ0n) is 9.60. The van der Waals surface area contributed by atoms with Crippen LogP contribution in [0.1, 0.15) is 37.3 Å². The third-order valence-electron chi connectivity index (χ3n) is 3.70. The van der Waals surface area contributed by atoms with Gasteiger partial charge in [-0.2, -0.15) is 0 Å². The van der Waals surface area contributed by atoms with Crippen molar-refractivity contribution in [2.45, 2.75) is 38.1 Å². The number of halogens is 1. The van der Waals surface area contributed by atoms with Gasteiger partial charge in [-0.3, -0.25) is 0 Å². The molecule has 2 rings (SSSR count). The lowest BCUT2D eigenvalue weighted by Gasteiger charge is -2.32. The van der Waals surface area contributed by atoms with Gasteiger partial charge in [-0.1, -0.05) is 22.0 Å². The fraction of sp³-hybridized carbons (Fsp3) is 0.538. The van der Waals surface area contributed by atoms with Crippen molar-refractivity contribution >= 4 is 15.9 Å². The van der Waals surface area contributed by atoms with Crippen LogP contribution in [-0.4, -0.2) is 12.6 Å². The second-order valence-electron chi connectivity index (χ2n) is 4.91. The van der Waals surface area contributed by atoms with E-state index in [0.29, 0.717) is 5.92 Å². The average Bonchev–Trinajstić information content (AvgIpc) is 2.61. The lowest BCUT2D eigenvalue weighted by molar-refractivity contribution is 0.341. The Kier molecular flexibility index (Phi) is 2.91.